The van der Waals surface area contributed by atoms with E-state index in [1.165, 1.54) is 14.2 Å². The highest BCUT2D eigenvalue weighted by Gasteiger charge is 2.34. The van der Waals surface area contributed by atoms with Gasteiger partial charge in [-0.2, -0.15) is 4.98 Å². The van der Waals surface area contributed by atoms with E-state index >= 15 is 0 Å². The number of rotatable bonds is 8. The molecular weight excluding hydrogens is 314 g/mol. The first-order chi connectivity index (χ1) is 11.5. The number of aromatic nitrogens is 1. The molecular formula is C16H23N3O5. The fourth-order valence-corrected chi connectivity index (χ4v) is 2.83. The van der Waals surface area contributed by atoms with Crippen molar-refractivity contribution in [2.24, 2.45) is 0 Å². The molecule has 1 saturated carbocycles. The molecule has 0 saturated heterocycles. The van der Waals surface area contributed by atoms with Gasteiger partial charge in [0, 0.05) is 12.1 Å². The van der Waals surface area contributed by atoms with Crippen LogP contribution in [0.2, 0.25) is 0 Å². The first-order valence-electron chi connectivity index (χ1n) is 7.84. The lowest BCUT2D eigenvalue weighted by molar-refractivity contribution is -0.139. The van der Waals surface area contributed by atoms with Crippen LogP contribution in [-0.2, 0) is 9.53 Å². The minimum Gasteiger partial charge on any atom is -0.480 e. The first-order valence-corrected chi connectivity index (χ1v) is 7.84. The predicted molar refractivity (Wildman–Crippen MR) is 87.4 cm³/mol. The number of carboxylic acid groups (broad SMARTS) is 1. The maximum absolute atomic E-state index is 11.6. The lowest BCUT2D eigenvalue weighted by Gasteiger charge is -2.42. The monoisotopic (exact) mass is 337 g/mol. The molecule has 0 radical (unpaired) electrons. The lowest BCUT2D eigenvalue weighted by atomic mass is 9.85. The van der Waals surface area contributed by atoms with Crippen molar-refractivity contribution < 1.29 is 24.2 Å². The summed E-state index contributed by atoms with van der Waals surface area (Å²) in [7, 11) is 2.75. The van der Waals surface area contributed by atoms with Gasteiger partial charge in [-0.1, -0.05) is 6.92 Å². The Kier molecular flexibility index (Phi) is 5.97. The minimum absolute atomic E-state index is 0.0633. The number of carbonyl (C=O) groups is 2. The largest absolute Gasteiger partial charge is 0.480 e. The number of hydrogen-bond donors (Lipinski definition) is 2. The Hall–Kier alpha value is -2.35. The van der Waals surface area contributed by atoms with Crippen molar-refractivity contribution in [2.45, 2.75) is 31.8 Å². The van der Waals surface area contributed by atoms with E-state index in [-0.39, 0.29) is 30.1 Å². The summed E-state index contributed by atoms with van der Waals surface area (Å²) in [6.07, 6.45) is 1.70. The molecule has 0 atom stereocenters. The number of nitrogens with zero attached hydrogens (tertiary/aromatic N) is 2. The van der Waals surface area contributed by atoms with E-state index in [1.807, 2.05) is 11.8 Å². The zero-order valence-electron chi connectivity index (χ0n) is 14.1. The number of likely N-dealkylation sites (N-methyl/N-ethyl adjacent to an activating group) is 1. The van der Waals surface area contributed by atoms with Gasteiger partial charge < -0.3 is 19.9 Å². The second-order valence-corrected chi connectivity index (χ2v) is 5.67. The molecule has 0 bridgehead atoms. The Morgan fingerprint density at radius 1 is 1.38 bits per heavy atom. The number of carboxylic acids is 1. The van der Waals surface area contributed by atoms with Crippen LogP contribution in [0.5, 0.6) is 5.88 Å². The highest BCUT2D eigenvalue weighted by molar-refractivity contribution is 5.92. The van der Waals surface area contributed by atoms with Crippen LogP contribution in [0.1, 0.15) is 30.1 Å². The number of aliphatic carboxylic acids is 1. The number of esters is 1. The van der Waals surface area contributed by atoms with Gasteiger partial charge in [0.1, 0.15) is 11.4 Å². The molecule has 1 fully saturated rings. The summed E-state index contributed by atoms with van der Waals surface area (Å²) >= 11 is 0. The molecule has 1 aliphatic rings. The average molecular weight is 337 g/mol. The molecule has 2 N–H and O–H groups in total. The van der Waals surface area contributed by atoms with E-state index in [0.717, 1.165) is 12.8 Å². The molecule has 0 aliphatic heterocycles. The average Bonchev–Trinajstić information content (AvgIpc) is 2.54. The Bertz CT molecular complexity index is 601. The van der Waals surface area contributed by atoms with Gasteiger partial charge in [0.2, 0.25) is 5.88 Å². The fraction of sp³-hybridized carbons (Fsp3) is 0.562. The number of pyridine rings is 1. The standard InChI is InChI=1S/C16H23N3O5/c1-4-19(9-14(20)21)11-7-10(8-11)17-13-6-5-12(16(22)24-3)15(18-13)23-2/h5-6,10-11H,4,7-9H2,1-3H3,(H,17,18)(H,20,21). The van der Waals surface area contributed by atoms with Gasteiger partial charge in [0.15, 0.2) is 0 Å². The summed E-state index contributed by atoms with van der Waals surface area (Å²) in [6, 6.07) is 3.80. The van der Waals surface area contributed by atoms with Crippen LogP contribution in [0.25, 0.3) is 0 Å². The molecule has 1 heterocycles. The number of hydrogen-bond acceptors (Lipinski definition) is 7. The Labute approximate surface area is 140 Å². The third-order valence-electron chi connectivity index (χ3n) is 4.19. The van der Waals surface area contributed by atoms with Crippen molar-refractivity contribution >= 4 is 17.8 Å². The predicted octanol–water partition coefficient (Wildman–Crippen LogP) is 1.23. The lowest BCUT2D eigenvalue weighted by Crippen LogP contribution is -2.51. The highest BCUT2D eigenvalue weighted by Crippen LogP contribution is 2.29. The molecule has 2 rings (SSSR count). The van der Waals surface area contributed by atoms with Gasteiger partial charge in [-0.3, -0.25) is 9.69 Å². The van der Waals surface area contributed by atoms with Crippen molar-refractivity contribution in [2.75, 3.05) is 32.6 Å². The van der Waals surface area contributed by atoms with Crippen molar-refractivity contribution in [3.63, 3.8) is 0 Å². The Morgan fingerprint density at radius 3 is 2.62 bits per heavy atom. The number of ether oxygens (including phenoxy) is 2. The number of carbonyl (C=O) groups excluding carboxylic acids is 1. The summed E-state index contributed by atoms with van der Waals surface area (Å²) in [6.45, 7) is 2.74. The highest BCUT2D eigenvalue weighted by atomic mass is 16.5. The van der Waals surface area contributed by atoms with Crippen LogP contribution in [0.4, 0.5) is 5.82 Å². The Balaban J connectivity index is 1.94. The Morgan fingerprint density at radius 2 is 2.08 bits per heavy atom. The number of anilines is 1. The van der Waals surface area contributed by atoms with Gasteiger partial charge >= 0.3 is 11.9 Å². The number of methoxy groups -OCH3 is 2. The van der Waals surface area contributed by atoms with E-state index in [9.17, 15) is 9.59 Å². The van der Waals surface area contributed by atoms with E-state index < -0.39 is 11.9 Å². The molecule has 0 spiro atoms. The third kappa shape index (κ3) is 4.14. The van der Waals surface area contributed by atoms with Crippen LogP contribution in [-0.4, -0.2) is 66.3 Å². The van der Waals surface area contributed by atoms with Gasteiger partial charge in [-0.25, -0.2) is 4.79 Å². The fourth-order valence-electron chi connectivity index (χ4n) is 2.83. The molecule has 132 valence electrons. The SMILES string of the molecule is CCN(CC(=O)O)C1CC(Nc2ccc(C(=O)OC)c(OC)n2)C1. The zero-order valence-corrected chi connectivity index (χ0v) is 14.1. The molecule has 0 aromatic carbocycles. The summed E-state index contributed by atoms with van der Waals surface area (Å²) in [5.74, 6) is -0.479. The molecule has 0 unspecified atom stereocenters. The smallest absolute Gasteiger partial charge is 0.343 e. The maximum atomic E-state index is 11.6. The molecule has 8 heteroatoms. The third-order valence-corrected chi connectivity index (χ3v) is 4.19. The van der Waals surface area contributed by atoms with Gasteiger partial charge in [-0.05, 0) is 31.5 Å². The van der Waals surface area contributed by atoms with Crippen molar-refractivity contribution in [1.29, 1.82) is 0 Å². The van der Waals surface area contributed by atoms with Crippen LogP contribution in [0.15, 0.2) is 12.1 Å². The second kappa shape index (κ2) is 7.96. The van der Waals surface area contributed by atoms with Gasteiger partial charge in [0.05, 0.1) is 20.8 Å². The first kappa shape index (κ1) is 18.0. The number of nitrogens with one attached hydrogen (secondary N) is 1. The summed E-state index contributed by atoms with van der Waals surface area (Å²) in [5, 5.41) is 12.2. The van der Waals surface area contributed by atoms with Gasteiger partial charge in [0.25, 0.3) is 0 Å². The molecule has 0 amide bonds. The van der Waals surface area contributed by atoms with Crippen molar-refractivity contribution in [3.05, 3.63) is 17.7 Å². The maximum Gasteiger partial charge on any atom is 0.343 e. The minimum atomic E-state index is -0.807. The molecule has 24 heavy (non-hydrogen) atoms. The van der Waals surface area contributed by atoms with Crippen molar-refractivity contribution in [3.8, 4) is 5.88 Å². The summed E-state index contributed by atoms with van der Waals surface area (Å²) in [5.41, 5.74) is 0.274. The van der Waals surface area contributed by atoms with Gasteiger partial charge in [-0.15, -0.1) is 0 Å². The molecule has 1 aromatic rings. The van der Waals surface area contributed by atoms with Crippen LogP contribution in [0.3, 0.4) is 0 Å². The quantitative estimate of drug-likeness (QED) is 0.683. The zero-order chi connectivity index (χ0) is 17.7. The molecule has 8 nitrogen and oxygen atoms in total. The van der Waals surface area contributed by atoms with Crippen LogP contribution >= 0.6 is 0 Å². The normalized spacial score (nSPS) is 19.5. The van der Waals surface area contributed by atoms with E-state index in [4.69, 9.17) is 9.84 Å². The molecule has 1 aliphatic carbocycles. The van der Waals surface area contributed by atoms with Crippen LogP contribution in [0, 0.1) is 0 Å². The molecule has 1 aromatic heterocycles. The van der Waals surface area contributed by atoms with E-state index in [2.05, 4.69) is 15.0 Å². The topological polar surface area (TPSA) is 101 Å². The summed E-state index contributed by atoms with van der Waals surface area (Å²) in [4.78, 5) is 28.7. The van der Waals surface area contributed by atoms with Crippen molar-refractivity contribution in [1.82, 2.24) is 9.88 Å². The van der Waals surface area contributed by atoms with E-state index in [1.54, 1.807) is 12.1 Å². The summed E-state index contributed by atoms with van der Waals surface area (Å²) < 4.78 is 9.82. The second-order valence-electron chi connectivity index (χ2n) is 5.67. The van der Waals surface area contributed by atoms with Crippen LogP contribution < -0.4 is 10.1 Å². The van der Waals surface area contributed by atoms with E-state index in [0.29, 0.717) is 12.4 Å².